The fraction of sp³-hybridized carbons (Fsp3) is 0. The first kappa shape index (κ1) is 91.2. The molecule has 0 aromatic carbocycles. The van der Waals surface area contributed by atoms with Crippen LogP contribution < -0.4 is 0 Å². The van der Waals surface area contributed by atoms with Crippen LogP contribution in [0.15, 0.2) is 0 Å². The Labute approximate surface area is 105 Å². The summed E-state index contributed by atoms with van der Waals surface area (Å²) in [5.41, 5.74) is 0. The molecule has 14 heavy (non-hydrogen) atoms. The molecule has 0 aliphatic heterocycles. The van der Waals surface area contributed by atoms with Crippen molar-refractivity contribution in [3.05, 3.63) is 39.4 Å². The topological polar surface area (TPSA) is 143 Å². The van der Waals surface area contributed by atoms with Gasteiger partial charge in [0.25, 0.3) is 0 Å². The van der Waals surface area contributed by atoms with Gasteiger partial charge >= 0.3 is 17.1 Å². The van der Waals surface area contributed by atoms with Crippen LogP contribution in [0.2, 0.25) is 0 Å². The number of rotatable bonds is 0. The van der Waals surface area contributed by atoms with Gasteiger partial charge in [0.1, 0.15) is 0 Å². The summed E-state index contributed by atoms with van der Waals surface area (Å²) in [5, 5.41) is 37.5. The van der Waals surface area contributed by atoms with E-state index in [1.165, 1.54) is 0 Å². The molecule has 0 N–H and O–H groups in total. The maximum atomic E-state index is 6.25. The third-order valence-corrected chi connectivity index (χ3v) is 0. The van der Waals surface area contributed by atoms with E-state index in [2.05, 4.69) is 0 Å². The van der Waals surface area contributed by atoms with E-state index in [1.807, 2.05) is 0 Å². The first-order valence-corrected chi connectivity index (χ1v) is 1.34. The molecule has 0 saturated heterocycles. The molecule has 8 heteroatoms. The molecule has 0 atom stereocenters. The molecule has 1 radical (unpaired) electrons. The fourth-order valence-electron chi connectivity index (χ4n) is 0. The van der Waals surface area contributed by atoms with Crippen molar-refractivity contribution >= 4 is 0 Å². The Morgan fingerprint density at radius 2 is 0.357 bits per heavy atom. The van der Waals surface area contributed by atoms with Crippen LogP contribution in [-0.2, 0) is 34.1 Å². The maximum absolute atomic E-state index is 6.25. The van der Waals surface area contributed by atoms with Gasteiger partial charge in [-0.2, -0.15) is 0 Å². The monoisotopic (exact) mass is 275 g/mol. The molecule has 0 aromatic rings. The van der Waals surface area contributed by atoms with Gasteiger partial charge < -0.3 is 71.0 Å². The molecule has 0 rings (SSSR count). The van der Waals surface area contributed by atoms with Crippen molar-refractivity contribution in [2.24, 2.45) is 0 Å². The molecule has 0 bridgehead atoms. The second-order valence-corrected chi connectivity index (χ2v) is 0. The van der Waals surface area contributed by atoms with Crippen molar-refractivity contribution in [3.63, 3.8) is 0 Å². The van der Waals surface area contributed by atoms with Gasteiger partial charge in [0.05, 0.1) is 0 Å². The minimum atomic E-state index is 0. The van der Waals surface area contributed by atoms with Crippen LogP contribution in [0.4, 0.5) is 0 Å². The van der Waals surface area contributed by atoms with Crippen molar-refractivity contribution < 1.29 is 34.1 Å². The Balaban J connectivity index is -0.00000000500. The van der Waals surface area contributed by atoms with E-state index in [4.69, 9.17) is 71.0 Å². The third kappa shape index (κ3) is 197. The van der Waals surface area contributed by atoms with Crippen molar-refractivity contribution in [3.8, 4) is 0 Å². The van der Waals surface area contributed by atoms with Gasteiger partial charge in [0.15, 0.2) is 0 Å². The van der Waals surface area contributed by atoms with Gasteiger partial charge in [0, 0.05) is 17.1 Å². The quantitative estimate of drug-likeness (QED) is 0.467. The number of hydrogen-bond donors (Lipinski definition) is 0. The van der Waals surface area contributed by atoms with Crippen LogP contribution in [-0.4, -0.2) is 0 Å². The SMILES string of the molecule is [C-]#N.[C-]#N.[C-]#N.[C-]#N.[C-]#N.[C-]#N.[Cu].[Fe+6]. The van der Waals surface area contributed by atoms with E-state index >= 15 is 0 Å². The van der Waals surface area contributed by atoms with Crippen LogP contribution in [0.1, 0.15) is 0 Å². The molecular weight excluding hydrogens is 275 g/mol. The minimum absolute atomic E-state index is 0. The molecule has 0 fully saturated rings. The van der Waals surface area contributed by atoms with Crippen LogP contribution in [0.5, 0.6) is 0 Å². The van der Waals surface area contributed by atoms with E-state index in [1.54, 1.807) is 0 Å². The van der Waals surface area contributed by atoms with Gasteiger partial charge in [0.2, 0.25) is 0 Å². The molecule has 0 aliphatic rings. The Kier molecular flexibility index (Phi) is 1740. The second kappa shape index (κ2) is 268. The Hall–Kier alpha value is -2.02. The molecule has 0 amide bonds. The number of hydrogen-bond acceptors (Lipinski definition) is 6. The molecule has 6 nitrogen and oxygen atoms in total. The summed E-state index contributed by atoms with van der Waals surface area (Å²) >= 11 is 0. The minimum Gasteiger partial charge on any atom is -0.512 e. The van der Waals surface area contributed by atoms with Gasteiger partial charge in [-0.25, -0.2) is 0 Å². The summed E-state index contributed by atoms with van der Waals surface area (Å²) < 4.78 is 0. The van der Waals surface area contributed by atoms with Crippen molar-refractivity contribution in [2.75, 3.05) is 0 Å². The predicted molar refractivity (Wildman–Crippen MR) is 29.8 cm³/mol. The van der Waals surface area contributed by atoms with Crippen molar-refractivity contribution in [2.45, 2.75) is 0 Å². The predicted octanol–water partition coefficient (Wildman–Crippen LogP) is 0.573. The zero-order valence-corrected chi connectivity index (χ0v) is 8.38. The zero-order valence-electron chi connectivity index (χ0n) is 6.34. The van der Waals surface area contributed by atoms with E-state index in [0.29, 0.717) is 0 Å². The molecular formula is C6CuFeN6. The van der Waals surface area contributed by atoms with E-state index < -0.39 is 0 Å². The van der Waals surface area contributed by atoms with Crippen LogP contribution in [0.3, 0.4) is 0 Å². The third-order valence-electron chi connectivity index (χ3n) is 0. The average Bonchev–Trinajstić information content (AvgIpc) is 2.33. The molecule has 0 heterocycles. The summed E-state index contributed by atoms with van der Waals surface area (Å²) in [6.45, 7) is 28.5. The number of nitrogens with zero attached hydrogens (tertiary/aromatic N) is 6. The smallest absolute Gasteiger partial charge is 0.512 e. The Morgan fingerprint density at radius 1 is 0.357 bits per heavy atom. The Morgan fingerprint density at radius 3 is 0.357 bits per heavy atom. The fourth-order valence-corrected chi connectivity index (χ4v) is 0. The first-order valence-electron chi connectivity index (χ1n) is 1.34. The molecule has 0 saturated carbocycles. The van der Waals surface area contributed by atoms with Crippen LogP contribution in [0.25, 0.3) is 0 Å². The van der Waals surface area contributed by atoms with Crippen LogP contribution >= 0.6 is 0 Å². The van der Waals surface area contributed by atoms with Gasteiger partial charge in [-0.1, -0.05) is 0 Å². The summed E-state index contributed by atoms with van der Waals surface area (Å²) in [4.78, 5) is 0. The Bertz CT molecular complexity index is 97.3. The standard InChI is InChI=1S/6CN.Cu.Fe/c6*1-2;;/q6*-1;;+6. The van der Waals surface area contributed by atoms with Gasteiger partial charge in [-0.3, -0.25) is 0 Å². The molecule has 73 valence electrons. The summed E-state index contributed by atoms with van der Waals surface area (Å²) in [6, 6.07) is 0. The summed E-state index contributed by atoms with van der Waals surface area (Å²) in [5.74, 6) is 0. The van der Waals surface area contributed by atoms with E-state index in [9.17, 15) is 0 Å². The molecule has 0 aromatic heterocycles. The summed E-state index contributed by atoms with van der Waals surface area (Å²) in [6.07, 6.45) is 0. The van der Waals surface area contributed by atoms with Crippen LogP contribution in [0, 0.1) is 71.0 Å². The van der Waals surface area contributed by atoms with Crippen molar-refractivity contribution in [1.29, 1.82) is 31.6 Å². The maximum Gasteiger partial charge on any atom is 6.00 e. The normalized spacial score (nSPS) is 0.857. The molecule has 0 spiro atoms. The zero-order chi connectivity index (χ0) is 12.0. The largest absolute Gasteiger partial charge is 6.00 e. The van der Waals surface area contributed by atoms with Gasteiger partial charge in [-0.15, -0.1) is 0 Å². The second-order valence-electron chi connectivity index (χ2n) is 0. The average molecular weight is 275 g/mol. The molecule has 0 unspecified atom stereocenters. The van der Waals surface area contributed by atoms with E-state index in [-0.39, 0.29) is 34.1 Å². The first-order chi connectivity index (χ1) is 6.00. The summed E-state index contributed by atoms with van der Waals surface area (Å²) in [7, 11) is 0. The van der Waals surface area contributed by atoms with Gasteiger partial charge in [-0.05, 0) is 0 Å². The molecule has 0 aliphatic carbocycles. The van der Waals surface area contributed by atoms with Crippen molar-refractivity contribution in [1.82, 2.24) is 0 Å². The van der Waals surface area contributed by atoms with E-state index in [0.717, 1.165) is 0 Å².